The van der Waals surface area contributed by atoms with Crippen LogP contribution in [0.1, 0.15) is 34.3 Å². The predicted octanol–water partition coefficient (Wildman–Crippen LogP) is 4.20. The van der Waals surface area contributed by atoms with Gasteiger partial charge in [-0.3, -0.25) is 14.5 Å². The lowest BCUT2D eigenvalue weighted by Gasteiger charge is -2.30. The maximum Gasteiger partial charge on any atom is 0.306 e. The summed E-state index contributed by atoms with van der Waals surface area (Å²) in [5.41, 5.74) is 3.14. The third-order valence-electron chi connectivity index (χ3n) is 5.04. The molecule has 0 spiro atoms. The van der Waals surface area contributed by atoms with Gasteiger partial charge in [-0.15, -0.1) is 0 Å². The summed E-state index contributed by atoms with van der Waals surface area (Å²) < 4.78 is 0. The first-order valence-corrected chi connectivity index (χ1v) is 9.42. The molecule has 1 fully saturated rings. The fraction of sp³-hybridized carbons (Fsp3) is 0.333. The minimum atomic E-state index is -0.698. The van der Waals surface area contributed by atoms with E-state index < -0.39 is 5.97 Å². The third-order valence-corrected chi connectivity index (χ3v) is 5.45. The normalized spacial score (nSPS) is 15.5. The molecule has 0 aromatic heterocycles. The van der Waals surface area contributed by atoms with E-state index in [9.17, 15) is 9.59 Å². The minimum Gasteiger partial charge on any atom is -0.481 e. The molecule has 5 nitrogen and oxygen atoms in total. The van der Waals surface area contributed by atoms with Crippen LogP contribution in [0.2, 0.25) is 5.02 Å². The van der Waals surface area contributed by atoms with Gasteiger partial charge in [-0.1, -0.05) is 29.8 Å². The van der Waals surface area contributed by atoms with Gasteiger partial charge in [-0.05, 0) is 68.2 Å². The van der Waals surface area contributed by atoms with E-state index in [1.807, 2.05) is 31.2 Å². The molecule has 0 aliphatic carbocycles. The van der Waals surface area contributed by atoms with Crippen LogP contribution in [0.15, 0.2) is 42.5 Å². The standard InChI is InChI=1S/C21H23ClN2O3/c1-14-18(6-3-7-19(14)22)20(25)23-17-5-2-4-15(12-17)13-24-10-8-16(9-11-24)21(26)27/h2-7,12,16H,8-11,13H2,1H3,(H,23,25)(H,26,27). The maximum atomic E-state index is 12.6. The number of amides is 1. The van der Waals surface area contributed by atoms with Gasteiger partial charge in [0.15, 0.2) is 0 Å². The number of aliphatic carboxylic acids is 1. The second kappa shape index (κ2) is 8.55. The highest BCUT2D eigenvalue weighted by Gasteiger charge is 2.24. The van der Waals surface area contributed by atoms with Gasteiger partial charge in [0.2, 0.25) is 0 Å². The summed E-state index contributed by atoms with van der Waals surface area (Å²) in [6.45, 7) is 4.12. The van der Waals surface area contributed by atoms with Crippen molar-refractivity contribution in [3.8, 4) is 0 Å². The number of hydrogen-bond acceptors (Lipinski definition) is 3. The van der Waals surface area contributed by atoms with Crippen molar-refractivity contribution >= 4 is 29.2 Å². The van der Waals surface area contributed by atoms with Gasteiger partial charge in [0.25, 0.3) is 5.91 Å². The Balaban J connectivity index is 1.63. The van der Waals surface area contributed by atoms with Crippen LogP contribution < -0.4 is 5.32 Å². The summed E-state index contributed by atoms with van der Waals surface area (Å²) >= 11 is 6.10. The number of hydrogen-bond donors (Lipinski definition) is 2. The average molecular weight is 387 g/mol. The molecule has 0 unspecified atom stereocenters. The first-order valence-electron chi connectivity index (χ1n) is 9.04. The number of halogens is 1. The Bertz CT molecular complexity index is 845. The first-order chi connectivity index (χ1) is 12.9. The fourth-order valence-corrected chi connectivity index (χ4v) is 3.57. The highest BCUT2D eigenvalue weighted by Crippen LogP contribution is 2.22. The third kappa shape index (κ3) is 4.87. The number of carbonyl (C=O) groups excluding carboxylic acids is 1. The Kier molecular flexibility index (Phi) is 6.14. The van der Waals surface area contributed by atoms with Crippen LogP contribution >= 0.6 is 11.6 Å². The molecule has 0 radical (unpaired) electrons. The van der Waals surface area contributed by atoms with Crippen LogP contribution in [0.4, 0.5) is 5.69 Å². The number of carboxylic acid groups (broad SMARTS) is 1. The van der Waals surface area contributed by atoms with E-state index >= 15 is 0 Å². The van der Waals surface area contributed by atoms with Crippen LogP contribution in [0.5, 0.6) is 0 Å². The summed E-state index contributed by atoms with van der Waals surface area (Å²) in [7, 11) is 0. The van der Waals surface area contributed by atoms with Gasteiger partial charge in [-0.2, -0.15) is 0 Å². The number of carboxylic acids is 1. The molecular weight excluding hydrogens is 364 g/mol. The van der Waals surface area contributed by atoms with E-state index in [2.05, 4.69) is 10.2 Å². The Labute approximate surface area is 163 Å². The Morgan fingerprint density at radius 1 is 1.19 bits per heavy atom. The molecule has 0 atom stereocenters. The molecule has 1 aliphatic rings. The van der Waals surface area contributed by atoms with E-state index in [1.54, 1.807) is 18.2 Å². The molecule has 1 heterocycles. The van der Waals surface area contributed by atoms with Gasteiger partial charge in [0.1, 0.15) is 0 Å². The van der Waals surface area contributed by atoms with Gasteiger partial charge >= 0.3 is 5.97 Å². The molecule has 6 heteroatoms. The zero-order valence-electron chi connectivity index (χ0n) is 15.2. The molecule has 1 amide bonds. The molecule has 142 valence electrons. The molecule has 0 bridgehead atoms. The number of likely N-dealkylation sites (tertiary alicyclic amines) is 1. The SMILES string of the molecule is Cc1c(Cl)cccc1C(=O)Nc1cccc(CN2CCC(C(=O)O)CC2)c1. The zero-order chi connectivity index (χ0) is 19.4. The number of nitrogens with zero attached hydrogens (tertiary/aromatic N) is 1. The second-order valence-corrected chi connectivity index (χ2v) is 7.36. The number of carbonyl (C=O) groups is 2. The fourth-order valence-electron chi connectivity index (χ4n) is 3.40. The number of piperidine rings is 1. The van der Waals surface area contributed by atoms with Gasteiger partial charge in [0.05, 0.1) is 5.92 Å². The second-order valence-electron chi connectivity index (χ2n) is 6.96. The number of benzene rings is 2. The van der Waals surface area contributed by atoms with E-state index in [1.165, 1.54) is 0 Å². The lowest BCUT2D eigenvalue weighted by Crippen LogP contribution is -2.35. The van der Waals surface area contributed by atoms with Crippen molar-refractivity contribution in [2.75, 3.05) is 18.4 Å². The highest BCUT2D eigenvalue weighted by atomic mass is 35.5. The minimum absolute atomic E-state index is 0.186. The van der Waals surface area contributed by atoms with Crippen molar-refractivity contribution in [2.24, 2.45) is 5.92 Å². The van der Waals surface area contributed by atoms with Crippen molar-refractivity contribution in [1.29, 1.82) is 0 Å². The van der Waals surface area contributed by atoms with Gasteiger partial charge < -0.3 is 10.4 Å². The number of rotatable bonds is 5. The van der Waals surface area contributed by atoms with Crippen LogP contribution in [-0.2, 0) is 11.3 Å². The highest BCUT2D eigenvalue weighted by molar-refractivity contribution is 6.32. The van der Waals surface area contributed by atoms with Crippen molar-refractivity contribution in [1.82, 2.24) is 4.90 Å². The summed E-state index contributed by atoms with van der Waals surface area (Å²) in [6, 6.07) is 13.0. The monoisotopic (exact) mass is 386 g/mol. The predicted molar refractivity (Wildman–Crippen MR) is 106 cm³/mol. The van der Waals surface area contributed by atoms with Crippen molar-refractivity contribution < 1.29 is 14.7 Å². The Morgan fingerprint density at radius 2 is 1.89 bits per heavy atom. The number of nitrogens with one attached hydrogen (secondary N) is 1. The summed E-state index contributed by atoms with van der Waals surface area (Å²) in [4.78, 5) is 25.9. The van der Waals surface area contributed by atoms with Crippen molar-refractivity contribution in [2.45, 2.75) is 26.3 Å². The van der Waals surface area contributed by atoms with E-state index in [0.717, 1.165) is 36.4 Å². The topological polar surface area (TPSA) is 69.6 Å². The molecule has 2 N–H and O–H groups in total. The quantitative estimate of drug-likeness (QED) is 0.808. The average Bonchev–Trinajstić information content (AvgIpc) is 2.64. The van der Waals surface area contributed by atoms with Gasteiger partial charge in [0, 0.05) is 22.8 Å². The maximum absolute atomic E-state index is 12.6. The Hall–Kier alpha value is -2.37. The largest absolute Gasteiger partial charge is 0.481 e. The van der Waals surface area contributed by atoms with Gasteiger partial charge in [-0.25, -0.2) is 0 Å². The van der Waals surface area contributed by atoms with E-state index in [-0.39, 0.29) is 11.8 Å². The van der Waals surface area contributed by atoms with Crippen molar-refractivity contribution in [3.05, 3.63) is 64.2 Å². The summed E-state index contributed by atoms with van der Waals surface area (Å²) in [5.74, 6) is -1.11. The summed E-state index contributed by atoms with van der Waals surface area (Å²) in [5, 5.41) is 12.6. The summed E-state index contributed by atoms with van der Waals surface area (Å²) in [6.07, 6.45) is 1.36. The Morgan fingerprint density at radius 3 is 2.59 bits per heavy atom. The molecule has 3 rings (SSSR count). The molecule has 1 aliphatic heterocycles. The molecule has 2 aromatic carbocycles. The van der Waals surface area contributed by atoms with Crippen LogP contribution in [-0.4, -0.2) is 35.0 Å². The molecule has 2 aromatic rings. The smallest absolute Gasteiger partial charge is 0.306 e. The van der Waals surface area contributed by atoms with Crippen molar-refractivity contribution in [3.63, 3.8) is 0 Å². The lowest BCUT2D eigenvalue weighted by atomic mass is 9.97. The van der Waals surface area contributed by atoms with Crippen LogP contribution in [0.25, 0.3) is 0 Å². The zero-order valence-corrected chi connectivity index (χ0v) is 16.0. The number of anilines is 1. The molecule has 27 heavy (non-hydrogen) atoms. The molecule has 0 saturated carbocycles. The van der Waals surface area contributed by atoms with Crippen LogP contribution in [0, 0.1) is 12.8 Å². The van der Waals surface area contributed by atoms with Crippen LogP contribution in [0.3, 0.4) is 0 Å². The molecular formula is C21H23ClN2O3. The lowest BCUT2D eigenvalue weighted by molar-refractivity contribution is -0.143. The van der Waals surface area contributed by atoms with E-state index in [0.29, 0.717) is 23.4 Å². The van der Waals surface area contributed by atoms with E-state index in [4.69, 9.17) is 16.7 Å². The molecule has 1 saturated heterocycles. The first kappa shape index (κ1) is 19.4.